The van der Waals surface area contributed by atoms with Gasteiger partial charge in [0.1, 0.15) is 11.6 Å². The molecule has 1 fully saturated rings. The van der Waals surface area contributed by atoms with E-state index in [0.29, 0.717) is 0 Å². The van der Waals surface area contributed by atoms with E-state index in [4.69, 9.17) is 14.8 Å². The SMILES string of the molecule is COc1ccc2nc(C(C)N3CCN(CCO)CC3)[nH]c2c1. The van der Waals surface area contributed by atoms with Crippen LogP contribution in [0.3, 0.4) is 0 Å². The number of aromatic nitrogens is 2. The van der Waals surface area contributed by atoms with Crippen LogP contribution in [-0.2, 0) is 0 Å². The molecule has 6 nitrogen and oxygen atoms in total. The summed E-state index contributed by atoms with van der Waals surface area (Å²) in [4.78, 5) is 12.9. The highest BCUT2D eigenvalue weighted by molar-refractivity contribution is 5.76. The monoisotopic (exact) mass is 304 g/mol. The smallest absolute Gasteiger partial charge is 0.124 e. The van der Waals surface area contributed by atoms with Crippen LogP contribution in [0.15, 0.2) is 18.2 Å². The van der Waals surface area contributed by atoms with Crippen molar-refractivity contribution in [3.63, 3.8) is 0 Å². The number of aromatic amines is 1. The lowest BCUT2D eigenvalue weighted by molar-refractivity contribution is 0.0865. The molecule has 0 aliphatic carbocycles. The molecule has 0 bridgehead atoms. The van der Waals surface area contributed by atoms with Crippen molar-refractivity contribution in [3.8, 4) is 5.75 Å². The summed E-state index contributed by atoms with van der Waals surface area (Å²) >= 11 is 0. The first-order valence-electron chi connectivity index (χ1n) is 7.82. The number of β-amino-alcohol motifs (C(OH)–C–C–N with tert-alkyl or cyclic N) is 1. The normalized spacial score (nSPS) is 18.7. The maximum Gasteiger partial charge on any atom is 0.124 e. The van der Waals surface area contributed by atoms with Crippen molar-refractivity contribution >= 4 is 11.0 Å². The molecule has 1 aromatic carbocycles. The van der Waals surface area contributed by atoms with Gasteiger partial charge in [-0.3, -0.25) is 9.80 Å². The number of imidazole rings is 1. The standard InChI is InChI=1S/C16H24N4O2/c1-12(20-7-5-19(6-8-20)9-10-21)16-17-14-4-3-13(22-2)11-15(14)18-16/h3-4,11-12,21H,5-10H2,1-2H3,(H,17,18). The number of fused-ring (bicyclic) bond motifs is 1. The van der Waals surface area contributed by atoms with Crippen molar-refractivity contribution in [2.45, 2.75) is 13.0 Å². The molecule has 3 rings (SSSR count). The van der Waals surface area contributed by atoms with Crippen LogP contribution in [0.25, 0.3) is 11.0 Å². The number of rotatable bonds is 5. The molecule has 1 aromatic heterocycles. The Morgan fingerprint density at radius 3 is 2.77 bits per heavy atom. The van der Waals surface area contributed by atoms with Crippen LogP contribution in [0.2, 0.25) is 0 Å². The van der Waals surface area contributed by atoms with Gasteiger partial charge in [0.15, 0.2) is 0 Å². The Labute approximate surface area is 130 Å². The van der Waals surface area contributed by atoms with Crippen LogP contribution < -0.4 is 4.74 Å². The fraction of sp³-hybridized carbons (Fsp3) is 0.562. The third-order valence-corrected chi connectivity index (χ3v) is 4.47. The Balaban J connectivity index is 1.71. The van der Waals surface area contributed by atoms with Gasteiger partial charge in [0.05, 0.1) is 30.8 Å². The van der Waals surface area contributed by atoms with E-state index in [1.54, 1.807) is 7.11 Å². The first-order chi connectivity index (χ1) is 10.7. The third kappa shape index (κ3) is 3.09. The number of nitrogens with one attached hydrogen (secondary N) is 1. The first-order valence-corrected chi connectivity index (χ1v) is 7.82. The van der Waals surface area contributed by atoms with Gasteiger partial charge in [-0.1, -0.05) is 0 Å². The highest BCUT2D eigenvalue weighted by atomic mass is 16.5. The molecule has 0 saturated carbocycles. The highest BCUT2D eigenvalue weighted by Gasteiger charge is 2.23. The van der Waals surface area contributed by atoms with E-state index in [1.807, 2.05) is 18.2 Å². The summed E-state index contributed by atoms with van der Waals surface area (Å²) in [6.07, 6.45) is 0. The third-order valence-electron chi connectivity index (χ3n) is 4.47. The Kier molecular flexibility index (Phi) is 4.61. The molecular weight excluding hydrogens is 280 g/mol. The zero-order valence-corrected chi connectivity index (χ0v) is 13.2. The molecule has 1 aliphatic rings. The predicted molar refractivity (Wildman–Crippen MR) is 86.2 cm³/mol. The van der Waals surface area contributed by atoms with Crippen molar-refractivity contribution in [1.82, 2.24) is 19.8 Å². The molecule has 2 aromatic rings. The number of aliphatic hydroxyl groups excluding tert-OH is 1. The second kappa shape index (κ2) is 6.64. The van der Waals surface area contributed by atoms with Gasteiger partial charge in [-0.2, -0.15) is 0 Å². The molecule has 0 amide bonds. The Morgan fingerprint density at radius 1 is 1.32 bits per heavy atom. The minimum atomic E-state index is 0.237. The summed E-state index contributed by atoms with van der Waals surface area (Å²) in [7, 11) is 1.67. The van der Waals surface area contributed by atoms with E-state index in [1.165, 1.54) is 0 Å². The number of methoxy groups -OCH3 is 1. The number of aliphatic hydroxyl groups is 1. The van der Waals surface area contributed by atoms with Gasteiger partial charge in [0, 0.05) is 38.8 Å². The van der Waals surface area contributed by atoms with Crippen molar-refractivity contribution in [1.29, 1.82) is 0 Å². The fourth-order valence-corrected chi connectivity index (χ4v) is 3.02. The van der Waals surface area contributed by atoms with Crippen molar-refractivity contribution in [2.24, 2.45) is 0 Å². The summed E-state index contributed by atoms with van der Waals surface area (Å²) in [5, 5.41) is 9.01. The lowest BCUT2D eigenvalue weighted by Gasteiger charge is -2.37. The number of ether oxygens (including phenoxy) is 1. The van der Waals surface area contributed by atoms with Gasteiger partial charge in [0.2, 0.25) is 0 Å². The molecule has 1 unspecified atom stereocenters. The average molecular weight is 304 g/mol. The number of H-pyrrole nitrogens is 1. The second-order valence-electron chi connectivity index (χ2n) is 5.78. The van der Waals surface area contributed by atoms with Crippen LogP contribution in [0, 0.1) is 0 Å². The molecule has 1 saturated heterocycles. The Bertz CT molecular complexity index is 620. The molecule has 2 N–H and O–H groups in total. The summed E-state index contributed by atoms with van der Waals surface area (Å²) in [6, 6.07) is 6.16. The topological polar surface area (TPSA) is 64.6 Å². The minimum Gasteiger partial charge on any atom is -0.497 e. The summed E-state index contributed by atoms with van der Waals surface area (Å²) < 4.78 is 5.26. The molecule has 2 heterocycles. The van der Waals surface area contributed by atoms with E-state index in [9.17, 15) is 0 Å². The molecule has 22 heavy (non-hydrogen) atoms. The van der Waals surface area contributed by atoms with Crippen LogP contribution in [0.1, 0.15) is 18.8 Å². The van der Waals surface area contributed by atoms with E-state index in [-0.39, 0.29) is 12.6 Å². The zero-order valence-electron chi connectivity index (χ0n) is 13.2. The maximum absolute atomic E-state index is 9.01. The quantitative estimate of drug-likeness (QED) is 0.870. The largest absolute Gasteiger partial charge is 0.497 e. The van der Waals surface area contributed by atoms with Gasteiger partial charge >= 0.3 is 0 Å². The van der Waals surface area contributed by atoms with Gasteiger partial charge < -0.3 is 14.8 Å². The molecule has 0 spiro atoms. The first kappa shape index (κ1) is 15.3. The molecule has 120 valence electrons. The van der Waals surface area contributed by atoms with Crippen molar-refractivity contribution < 1.29 is 9.84 Å². The van der Waals surface area contributed by atoms with Crippen molar-refractivity contribution in [3.05, 3.63) is 24.0 Å². The number of hydrogen-bond donors (Lipinski definition) is 2. The lowest BCUT2D eigenvalue weighted by Crippen LogP contribution is -2.47. The lowest BCUT2D eigenvalue weighted by atomic mass is 10.2. The van der Waals surface area contributed by atoms with Gasteiger partial charge in [-0.15, -0.1) is 0 Å². The highest BCUT2D eigenvalue weighted by Crippen LogP contribution is 2.24. The molecule has 6 heteroatoms. The number of piperazine rings is 1. The summed E-state index contributed by atoms with van der Waals surface area (Å²) in [5.74, 6) is 1.84. The fourth-order valence-electron chi connectivity index (χ4n) is 3.02. The van der Waals surface area contributed by atoms with E-state index >= 15 is 0 Å². The molecular formula is C16H24N4O2. The van der Waals surface area contributed by atoms with Crippen molar-refractivity contribution in [2.75, 3.05) is 46.4 Å². The van der Waals surface area contributed by atoms with Crippen LogP contribution in [-0.4, -0.2) is 71.3 Å². The van der Waals surface area contributed by atoms with E-state index < -0.39 is 0 Å². The van der Waals surface area contributed by atoms with Crippen LogP contribution in [0.4, 0.5) is 0 Å². The minimum absolute atomic E-state index is 0.237. The van der Waals surface area contributed by atoms with Gasteiger partial charge in [0.25, 0.3) is 0 Å². The summed E-state index contributed by atoms with van der Waals surface area (Å²) in [6.45, 7) is 7.20. The van der Waals surface area contributed by atoms with Gasteiger partial charge in [-0.25, -0.2) is 4.98 Å². The van der Waals surface area contributed by atoms with E-state index in [2.05, 4.69) is 21.7 Å². The number of benzene rings is 1. The summed E-state index contributed by atoms with van der Waals surface area (Å²) in [5.41, 5.74) is 1.99. The molecule has 0 radical (unpaired) electrons. The average Bonchev–Trinajstić information content (AvgIpc) is 2.98. The zero-order chi connectivity index (χ0) is 15.5. The van der Waals surface area contributed by atoms with Crippen LogP contribution in [0.5, 0.6) is 5.75 Å². The Hall–Kier alpha value is -1.63. The van der Waals surface area contributed by atoms with Crippen LogP contribution >= 0.6 is 0 Å². The second-order valence-corrected chi connectivity index (χ2v) is 5.78. The van der Waals surface area contributed by atoms with Gasteiger partial charge in [-0.05, 0) is 19.1 Å². The molecule has 1 atom stereocenters. The maximum atomic E-state index is 9.01. The Morgan fingerprint density at radius 2 is 2.09 bits per heavy atom. The predicted octanol–water partition coefficient (Wildman–Crippen LogP) is 1.24. The number of hydrogen-bond acceptors (Lipinski definition) is 5. The van der Waals surface area contributed by atoms with E-state index in [0.717, 1.165) is 55.3 Å². The number of nitrogens with zero attached hydrogens (tertiary/aromatic N) is 3. The molecule has 1 aliphatic heterocycles.